The molecule has 2 nitrogen and oxygen atoms in total. The van der Waals surface area contributed by atoms with Crippen molar-refractivity contribution in [2.24, 2.45) is 0 Å². The highest BCUT2D eigenvalue weighted by Crippen LogP contribution is 2.20. The van der Waals surface area contributed by atoms with Crippen LogP contribution >= 0.6 is 23.2 Å². The molecule has 0 aliphatic rings. The summed E-state index contributed by atoms with van der Waals surface area (Å²) < 4.78 is 0. The Morgan fingerprint density at radius 2 is 2.00 bits per heavy atom. The van der Waals surface area contributed by atoms with Gasteiger partial charge in [-0.15, -0.1) is 23.2 Å². The summed E-state index contributed by atoms with van der Waals surface area (Å²) >= 11 is 11.2. The Bertz CT molecular complexity index is 328. The molecule has 0 aliphatic heterocycles. The van der Waals surface area contributed by atoms with Gasteiger partial charge in [-0.2, -0.15) is 0 Å². The van der Waals surface area contributed by atoms with Crippen LogP contribution in [0.1, 0.15) is 5.56 Å². The number of rotatable bonds is 3. The monoisotopic (exact) mass is 231 g/mol. The van der Waals surface area contributed by atoms with Crippen LogP contribution in [-0.2, 0) is 4.79 Å². The molecule has 0 radical (unpaired) electrons. The quantitative estimate of drug-likeness (QED) is 0.579. The number of para-hydroxylation sites is 1. The summed E-state index contributed by atoms with van der Waals surface area (Å²) in [4.78, 5) is 12.9. The minimum absolute atomic E-state index is 0.0545. The van der Waals surface area contributed by atoms with E-state index in [4.69, 9.17) is 23.2 Å². The van der Waals surface area contributed by atoms with Gasteiger partial charge in [-0.1, -0.05) is 18.2 Å². The lowest BCUT2D eigenvalue weighted by atomic mass is 10.2. The number of halogens is 2. The largest absolute Gasteiger partial charge is 0.297 e. The Morgan fingerprint density at radius 3 is 2.50 bits per heavy atom. The van der Waals surface area contributed by atoms with Crippen LogP contribution < -0.4 is 4.90 Å². The smallest absolute Gasteiger partial charge is 0.242 e. The molecule has 76 valence electrons. The summed E-state index contributed by atoms with van der Waals surface area (Å²) in [6, 6.07) is 7.68. The number of carbonyl (C=O) groups is 1. The molecular weight excluding hydrogens is 221 g/mol. The molecule has 0 N–H and O–H groups in total. The van der Waals surface area contributed by atoms with Gasteiger partial charge in [0.25, 0.3) is 0 Å². The van der Waals surface area contributed by atoms with Crippen molar-refractivity contribution < 1.29 is 4.79 Å². The normalized spacial score (nSPS) is 9.93. The molecule has 1 aromatic rings. The van der Waals surface area contributed by atoms with Gasteiger partial charge in [-0.3, -0.25) is 9.69 Å². The number of hydrogen-bond donors (Lipinski definition) is 0. The van der Waals surface area contributed by atoms with Crippen LogP contribution in [0.25, 0.3) is 0 Å². The van der Waals surface area contributed by atoms with Gasteiger partial charge in [0.2, 0.25) is 5.91 Å². The molecule has 0 aromatic heterocycles. The highest BCUT2D eigenvalue weighted by molar-refractivity contribution is 6.31. The Labute approximate surface area is 93.4 Å². The fourth-order valence-electron chi connectivity index (χ4n) is 1.20. The molecular formula is C10H11Cl2NO. The lowest BCUT2D eigenvalue weighted by molar-refractivity contribution is -0.116. The summed E-state index contributed by atoms with van der Waals surface area (Å²) in [5.74, 6) is -0.239. The van der Waals surface area contributed by atoms with Crippen LogP contribution in [-0.4, -0.2) is 17.8 Å². The number of alkyl halides is 2. The Morgan fingerprint density at radius 1 is 1.36 bits per heavy atom. The van der Waals surface area contributed by atoms with E-state index in [0.717, 1.165) is 11.3 Å². The van der Waals surface area contributed by atoms with Crippen LogP contribution in [0.3, 0.4) is 0 Å². The van der Waals surface area contributed by atoms with Crippen LogP contribution in [0.4, 0.5) is 5.69 Å². The fourth-order valence-corrected chi connectivity index (χ4v) is 1.61. The SMILES string of the molecule is Cc1ccccc1N(CCl)C(=O)CCl. The van der Waals surface area contributed by atoms with E-state index >= 15 is 0 Å². The van der Waals surface area contributed by atoms with E-state index < -0.39 is 0 Å². The number of aryl methyl sites for hydroxylation is 1. The van der Waals surface area contributed by atoms with Gasteiger partial charge in [0.05, 0.1) is 0 Å². The number of amides is 1. The average Bonchev–Trinajstić information content (AvgIpc) is 2.21. The zero-order valence-electron chi connectivity index (χ0n) is 7.84. The van der Waals surface area contributed by atoms with Crippen molar-refractivity contribution in [3.8, 4) is 0 Å². The minimum atomic E-state index is -0.184. The van der Waals surface area contributed by atoms with Crippen molar-refractivity contribution >= 4 is 34.8 Å². The maximum Gasteiger partial charge on any atom is 0.242 e. The van der Waals surface area contributed by atoms with Crippen LogP contribution in [0.2, 0.25) is 0 Å². The highest BCUT2D eigenvalue weighted by atomic mass is 35.5. The zero-order chi connectivity index (χ0) is 10.6. The van der Waals surface area contributed by atoms with E-state index in [1.165, 1.54) is 4.90 Å². The third-order valence-electron chi connectivity index (χ3n) is 1.94. The van der Waals surface area contributed by atoms with Crippen molar-refractivity contribution in [1.29, 1.82) is 0 Å². The molecule has 0 aliphatic carbocycles. The second-order valence-electron chi connectivity index (χ2n) is 2.86. The van der Waals surface area contributed by atoms with Gasteiger partial charge in [-0.05, 0) is 18.6 Å². The number of benzene rings is 1. The molecule has 0 heterocycles. The number of hydrogen-bond acceptors (Lipinski definition) is 1. The lowest BCUT2D eigenvalue weighted by Crippen LogP contribution is -2.31. The summed E-state index contributed by atoms with van der Waals surface area (Å²) in [5.41, 5.74) is 1.82. The fraction of sp³-hybridized carbons (Fsp3) is 0.300. The topological polar surface area (TPSA) is 20.3 Å². The molecule has 0 spiro atoms. The first kappa shape index (κ1) is 11.3. The molecule has 4 heteroatoms. The molecule has 0 saturated carbocycles. The van der Waals surface area contributed by atoms with E-state index in [1.807, 2.05) is 31.2 Å². The predicted molar refractivity (Wildman–Crippen MR) is 60.1 cm³/mol. The van der Waals surface area contributed by atoms with E-state index in [9.17, 15) is 4.79 Å². The van der Waals surface area contributed by atoms with E-state index in [2.05, 4.69) is 0 Å². The first-order valence-electron chi connectivity index (χ1n) is 4.18. The number of carbonyl (C=O) groups excluding carboxylic acids is 1. The standard InChI is InChI=1S/C10H11Cl2NO/c1-8-4-2-3-5-9(8)13(7-12)10(14)6-11/h2-5H,6-7H2,1H3. The van der Waals surface area contributed by atoms with E-state index in [-0.39, 0.29) is 17.8 Å². The van der Waals surface area contributed by atoms with Gasteiger partial charge in [0, 0.05) is 5.69 Å². The zero-order valence-corrected chi connectivity index (χ0v) is 9.35. The van der Waals surface area contributed by atoms with Crippen molar-refractivity contribution in [2.75, 3.05) is 16.8 Å². The second-order valence-corrected chi connectivity index (χ2v) is 3.37. The van der Waals surface area contributed by atoms with E-state index in [1.54, 1.807) is 0 Å². The first-order chi connectivity index (χ1) is 6.70. The molecule has 0 atom stereocenters. The molecule has 0 unspecified atom stereocenters. The molecule has 1 amide bonds. The number of nitrogens with zero attached hydrogens (tertiary/aromatic N) is 1. The number of anilines is 1. The van der Waals surface area contributed by atoms with E-state index in [0.29, 0.717) is 0 Å². The first-order valence-corrected chi connectivity index (χ1v) is 5.25. The van der Waals surface area contributed by atoms with Crippen LogP contribution in [0, 0.1) is 6.92 Å². The highest BCUT2D eigenvalue weighted by Gasteiger charge is 2.14. The maximum atomic E-state index is 11.4. The van der Waals surface area contributed by atoms with Crippen molar-refractivity contribution in [1.82, 2.24) is 0 Å². The molecule has 1 aromatic carbocycles. The van der Waals surface area contributed by atoms with Crippen LogP contribution in [0.15, 0.2) is 24.3 Å². The molecule has 1 rings (SSSR count). The second kappa shape index (κ2) is 5.23. The average molecular weight is 232 g/mol. The van der Waals surface area contributed by atoms with Gasteiger partial charge < -0.3 is 0 Å². The summed E-state index contributed by atoms with van der Waals surface area (Å²) in [6.45, 7) is 1.93. The lowest BCUT2D eigenvalue weighted by Gasteiger charge is -2.20. The maximum absolute atomic E-state index is 11.4. The van der Waals surface area contributed by atoms with Gasteiger partial charge in [-0.25, -0.2) is 0 Å². The molecule has 0 saturated heterocycles. The van der Waals surface area contributed by atoms with Gasteiger partial charge in [0.15, 0.2) is 0 Å². The Kier molecular flexibility index (Phi) is 4.23. The predicted octanol–water partition coefficient (Wildman–Crippen LogP) is 2.76. The molecule has 0 bridgehead atoms. The summed E-state index contributed by atoms with van der Waals surface area (Å²) in [5, 5.41) is 0. The Hall–Kier alpha value is -0.730. The van der Waals surface area contributed by atoms with Gasteiger partial charge in [0.1, 0.15) is 11.9 Å². The van der Waals surface area contributed by atoms with Crippen molar-refractivity contribution in [3.63, 3.8) is 0 Å². The van der Waals surface area contributed by atoms with Crippen LogP contribution in [0.5, 0.6) is 0 Å². The molecule has 14 heavy (non-hydrogen) atoms. The third-order valence-corrected chi connectivity index (χ3v) is 2.41. The molecule has 0 fully saturated rings. The summed E-state index contributed by atoms with van der Waals surface area (Å²) in [7, 11) is 0. The third kappa shape index (κ3) is 2.40. The minimum Gasteiger partial charge on any atom is -0.297 e. The van der Waals surface area contributed by atoms with Gasteiger partial charge >= 0.3 is 0 Å². The van der Waals surface area contributed by atoms with Crippen molar-refractivity contribution in [2.45, 2.75) is 6.92 Å². The van der Waals surface area contributed by atoms with Crippen molar-refractivity contribution in [3.05, 3.63) is 29.8 Å². The summed E-state index contributed by atoms with van der Waals surface area (Å²) in [6.07, 6.45) is 0. The Balaban J connectivity index is 3.01.